The zero-order valence-corrected chi connectivity index (χ0v) is 14.8. The number of rotatable bonds is 5. The third-order valence-electron chi connectivity index (χ3n) is 3.96. The molecule has 2 heterocycles. The molecule has 0 radical (unpaired) electrons. The summed E-state index contributed by atoms with van der Waals surface area (Å²) >= 11 is 1.32. The topological polar surface area (TPSA) is 94.5 Å². The van der Waals surface area contributed by atoms with Crippen molar-refractivity contribution in [2.24, 2.45) is 0 Å². The second kappa shape index (κ2) is 7.28. The number of ether oxygens (including phenoxy) is 2. The highest BCUT2D eigenvalue weighted by atomic mass is 32.2. The Bertz CT molecular complexity index is 834. The predicted octanol–water partition coefficient (Wildman–Crippen LogP) is 2.43. The molecule has 1 aromatic heterocycles. The lowest BCUT2D eigenvalue weighted by Crippen LogP contribution is -2.35. The van der Waals surface area contributed by atoms with Gasteiger partial charge in [-0.3, -0.25) is 10.1 Å². The van der Waals surface area contributed by atoms with Crippen molar-refractivity contribution in [3.63, 3.8) is 0 Å². The van der Waals surface area contributed by atoms with Crippen LogP contribution in [0.25, 0.3) is 0 Å². The number of anilines is 1. The number of urea groups is 1. The highest BCUT2D eigenvalue weighted by Gasteiger charge is 2.25. The molecule has 3 amide bonds. The Balaban J connectivity index is 1.27. The molecule has 0 spiro atoms. The van der Waals surface area contributed by atoms with Crippen LogP contribution in [0.1, 0.15) is 18.9 Å². The third-order valence-corrected chi connectivity index (χ3v) is 4.94. The van der Waals surface area contributed by atoms with Crippen LogP contribution in [0.15, 0.2) is 35.7 Å². The second-order valence-electron chi connectivity index (χ2n) is 6.00. The molecule has 26 heavy (non-hydrogen) atoms. The van der Waals surface area contributed by atoms with Crippen molar-refractivity contribution in [2.45, 2.75) is 24.0 Å². The summed E-state index contributed by atoms with van der Waals surface area (Å²) in [5.41, 5.74) is 0.525. The Morgan fingerprint density at radius 1 is 1.23 bits per heavy atom. The Kier molecular flexibility index (Phi) is 4.70. The number of aromatic nitrogens is 2. The number of hydrogen-bond acceptors (Lipinski definition) is 6. The van der Waals surface area contributed by atoms with Crippen LogP contribution in [-0.2, 0) is 4.79 Å². The summed E-state index contributed by atoms with van der Waals surface area (Å²) in [5, 5.41) is 5.74. The number of thioether (sulfide) groups is 1. The Morgan fingerprint density at radius 3 is 2.85 bits per heavy atom. The molecule has 1 aliphatic carbocycles. The molecule has 2 aromatic rings. The number of carbonyl (C=O) groups excluding carboxylic acids is 2. The quantitative estimate of drug-likeness (QED) is 0.781. The summed E-state index contributed by atoms with van der Waals surface area (Å²) in [6.07, 6.45) is 5.95. The molecule has 0 saturated heterocycles. The fourth-order valence-electron chi connectivity index (χ4n) is 2.62. The van der Waals surface area contributed by atoms with Crippen LogP contribution in [0.2, 0.25) is 0 Å². The van der Waals surface area contributed by atoms with Crippen LogP contribution in [0, 0.1) is 0 Å². The summed E-state index contributed by atoms with van der Waals surface area (Å²) < 4.78 is 13.0. The van der Waals surface area contributed by atoms with E-state index in [1.807, 2.05) is 6.20 Å². The number of amides is 3. The van der Waals surface area contributed by atoms with Crippen LogP contribution >= 0.6 is 11.8 Å². The van der Waals surface area contributed by atoms with Crippen molar-refractivity contribution in [3.8, 4) is 11.5 Å². The van der Waals surface area contributed by atoms with E-state index in [1.165, 1.54) is 11.8 Å². The maximum Gasteiger partial charge on any atom is 0.325 e. The largest absolute Gasteiger partial charge is 0.486 e. The molecule has 8 nitrogen and oxygen atoms in total. The van der Waals surface area contributed by atoms with E-state index >= 15 is 0 Å². The number of imidazole rings is 1. The lowest BCUT2D eigenvalue weighted by Gasteiger charge is -2.19. The molecule has 1 saturated carbocycles. The number of nitrogens with one attached hydrogen (secondary N) is 2. The van der Waals surface area contributed by atoms with Gasteiger partial charge in [0.25, 0.3) is 0 Å². The highest BCUT2D eigenvalue weighted by molar-refractivity contribution is 7.99. The fourth-order valence-corrected chi connectivity index (χ4v) is 3.44. The normalized spacial score (nSPS) is 15.4. The van der Waals surface area contributed by atoms with E-state index in [1.54, 1.807) is 24.4 Å². The van der Waals surface area contributed by atoms with E-state index in [9.17, 15) is 9.59 Å². The fraction of sp³-hybridized carbons (Fsp3) is 0.353. The van der Waals surface area contributed by atoms with Crippen LogP contribution in [0.3, 0.4) is 0 Å². The van der Waals surface area contributed by atoms with Crippen LogP contribution in [-0.4, -0.2) is 40.5 Å². The second-order valence-corrected chi connectivity index (χ2v) is 6.94. The maximum absolute atomic E-state index is 12.0. The minimum atomic E-state index is -0.585. The highest BCUT2D eigenvalue weighted by Crippen LogP contribution is 2.37. The van der Waals surface area contributed by atoms with Crippen molar-refractivity contribution in [1.82, 2.24) is 14.9 Å². The Hall–Kier alpha value is -2.68. The first-order chi connectivity index (χ1) is 12.7. The van der Waals surface area contributed by atoms with E-state index in [0.29, 0.717) is 36.4 Å². The van der Waals surface area contributed by atoms with Gasteiger partial charge in [-0.2, -0.15) is 0 Å². The molecular weight excluding hydrogens is 356 g/mol. The van der Waals surface area contributed by atoms with Gasteiger partial charge in [-0.25, -0.2) is 9.78 Å². The molecule has 4 rings (SSSR count). The SMILES string of the molecule is O=C(CSc1nccn1C1CC1)NC(=O)Nc1ccc2c(c1)OCCO2. The molecule has 0 atom stereocenters. The smallest absolute Gasteiger partial charge is 0.325 e. The number of imide groups is 1. The van der Waals surface area contributed by atoms with Gasteiger partial charge in [0.2, 0.25) is 5.91 Å². The summed E-state index contributed by atoms with van der Waals surface area (Å²) in [4.78, 5) is 28.2. The van der Waals surface area contributed by atoms with E-state index in [0.717, 1.165) is 18.0 Å². The van der Waals surface area contributed by atoms with E-state index in [-0.39, 0.29) is 11.7 Å². The van der Waals surface area contributed by atoms with Gasteiger partial charge in [-0.15, -0.1) is 0 Å². The lowest BCUT2D eigenvalue weighted by atomic mass is 10.2. The lowest BCUT2D eigenvalue weighted by molar-refractivity contribution is -0.117. The molecule has 1 fully saturated rings. The summed E-state index contributed by atoms with van der Waals surface area (Å²) in [7, 11) is 0. The van der Waals surface area contributed by atoms with Gasteiger partial charge in [0, 0.05) is 30.2 Å². The predicted molar refractivity (Wildman–Crippen MR) is 95.8 cm³/mol. The first-order valence-corrected chi connectivity index (χ1v) is 9.34. The summed E-state index contributed by atoms with van der Waals surface area (Å²) in [6.45, 7) is 0.973. The molecule has 0 bridgehead atoms. The minimum Gasteiger partial charge on any atom is -0.486 e. The van der Waals surface area contributed by atoms with Gasteiger partial charge < -0.3 is 19.4 Å². The molecule has 9 heteroatoms. The molecule has 2 aliphatic rings. The van der Waals surface area contributed by atoms with Crippen molar-refractivity contribution in [2.75, 3.05) is 24.3 Å². The number of benzene rings is 1. The third kappa shape index (κ3) is 3.93. The Labute approximate surface area is 154 Å². The zero-order valence-electron chi connectivity index (χ0n) is 13.9. The van der Waals surface area contributed by atoms with Crippen molar-refractivity contribution < 1.29 is 19.1 Å². The molecule has 2 N–H and O–H groups in total. The summed E-state index contributed by atoms with van der Waals surface area (Å²) in [6, 6.07) is 5.00. The van der Waals surface area contributed by atoms with Gasteiger partial charge in [-0.05, 0) is 25.0 Å². The van der Waals surface area contributed by atoms with E-state index < -0.39 is 6.03 Å². The maximum atomic E-state index is 12.0. The molecule has 1 aliphatic heterocycles. The first kappa shape index (κ1) is 16.8. The molecule has 136 valence electrons. The number of carbonyl (C=O) groups is 2. The van der Waals surface area contributed by atoms with Gasteiger partial charge in [-0.1, -0.05) is 11.8 Å². The van der Waals surface area contributed by atoms with Crippen molar-refractivity contribution >= 4 is 29.4 Å². The number of fused-ring (bicyclic) bond motifs is 1. The van der Waals surface area contributed by atoms with Gasteiger partial charge in [0.15, 0.2) is 16.7 Å². The zero-order chi connectivity index (χ0) is 17.9. The molecule has 1 aromatic carbocycles. The van der Waals surface area contributed by atoms with Gasteiger partial charge in [0.05, 0.1) is 5.75 Å². The standard InChI is InChI=1S/C17H18N4O4S/c22-15(10-26-17-18-5-6-21(17)12-2-3-12)20-16(23)19-11-1-4-13-14(9-11)25-8-7-24-13/h1,4-6,9,12H,2-3,7-8,10H2,(H2,19,20,22,23). The van der Waals surface area contributed by atoms with Gasteiger partial charge in [0.1, 0.15) is 13.2 Å². The monoisotopic (exact) mass is 374 g/mol. The average Bonchev–Trinajstić information content (AvgIpc) is 3.37. The molecule has 0 unspecified atom stereocenters. The van der Waals surface area contributed by atoms with E-state index in [4.69, 9.17) is 9.47 Å². The minimum absolute atomic E-state index is 0.123. The number of hydrogen-bond donors (Lipinski definition) is 2. The first-order valence-electron chi connectivity index (χ1n) is 8.35. The summed E-state index contributed by atoms with van der Waals surface area (Å²) in [5.74, 6) is 0.956. The van der Waals surface area contributed by atoms with Crippen LogP contribution in [0.4, 0.5) is 10.5 Å². The Morgan fingerprint density at radius 2 is 2.04 bits per heavy atom. The van der Waals surface area contributed by atoms with Crippen LogP contribution < -0.4 is 20.1 Å². The van der Waals surface area contributed by atoms with Crippen molar-refractivity contribution in [1.29, 1.82) is 0 Å². The molecular formula is C17H18N4O4S. The van der Waals surface area contributed by atoms with Gasteiger partial charge >= 0.3 is 6.03 Å². The van der Waals surface area contributed by atoms with Crippen LogP contribution in [0.5, 0.6) is 11.5 Å². The number of nitrogens with zero attached hydrogens (tertiary/aromatic N) is 2. The van der Waals surface area contributed by atoms with E-state index in [2.05, 4.69) is 20.2 Å². The average molecular weight is 374 g/mol. The van der Waals surface area contributed by atoms with Crippen molar-refractivity contribution in [3.05, 3.63) is 30.6 Å².